The third-order valence-electron chi connectivity index (χ3n) is 6.65. The smallest absolute Gasteiger partial charge is 0.425 e. The number of anilines is 1. The summed E-state index contributed by atoms with van der Waals surface area (Å²) in [5.41, 5.74) is 1.08. The molecule has 0 aliphatic carbocycles. The molecule has 1 fully saturated rings. The zero-order valence-corrected chi connectivity index (χ0v) is 22.0. The van der Waals surface area contributed by atoms with Crippen LogP contribution in [0.3, 0.4) is 0 Å². The normalized spacial score (nSPS) is 17.0. The Morgan fingerprint density at radius 1 is 1.00 bits per heavy atom. The van der Waals surface area contributed by atoms with Crippen molar-refractivity contribution in [3.63, 3.8) is 0 Å². The Morgan fingerprint density at radius 3 is 2.25 bits per heavy atom. The van der Waals surface area contributed by atoms with Gasteiger partial charge >= 0.3 is 22.4 Å². The maximum Gasteiger partial charge on any atom is 0.425 e. The fourth-order valence-electron chi connectivity index (χ4n) is 4.71. The van der Waals surface area contributed by atoms with Gasteiger partial charge in [-0.2, -0.15) is 12.7 Å². The molecule has 10 heteroatoms. The van der Waals surface area contributed by atoms with E-state index in [0.29, 0.717) is 35.9 Å². The number of piperidine rings is 1. The van der Waals surface area contributed by atoms with Gasteiger partial charge in [-0.05, 0) is 50.8 Å². The molecular formula is C26H33N3O6S. The fourth-order valence-corrected chi connectivity index (χ4v) is 6.05. The van der Waals surface area contributed by atoms with Crippen LogP contribution < -0.4 is 4.31 Å². The van der Waals surface area contributed by atoms with Crippen molar-refractivity contribution < 1.29 is 27.5 Å². The summed E-state index contributed by atoms with van der Waals surface area (Å²) >= 11 is 0. The number of nitrogens with zero attached hydrogens (tertiary/aromatic N) is 3. The maximum absolute atomic E-state index is 13.5. The lowest BCUT2D eigenvalue weighted by Gasteiger charge is -2.39. The number of carbonyl (C=O) groups is 2. The van der Waals surface area contributed by atoms with Gasteiger partial charge in [0.2, 0.25) is 0 Å². The molecule has 2 aliphatic rings. The van der Waals surface area contributed by atoms with Gasteiger partial charge in [-0.25, -0.2) is 9.59 Å². The van der Waals surface area contributed by atoms with Gasteiger partial charge in [0.05, 0.1) is 5.69 Å². The minimum Gasteiger partial charge on any atom is -0.445 e. The van der Waals surface area contributed by atoms with Crippen LogP contribution in [0.25, 0.3) is 0 Å². The van der Waals surface area contributed by atoms with Crippen molar-refractivity contribution in [1.82, 2.24) is 9.21 Å². The highest BCUT2D eigenvalue weighted by molar-refractivity contribution is 7.91. The topological polar surface area (TPSA) is 96.5 Å². The summed E-state index contributed by atoms with van der Waals surface area (Å²) in [5, 5.41) is 0. The molecule has 0 unspecified atom stereocenters. The molecule has 0 radical (unpaired) electrons. The van der Waals surface area contributed by atoms with Crippen molar-refractivity contribution in [2.24, 2.45) is 0 Å². The van der Waals surface area contributed by atoms with Crippen LogP contribution in [-0.2, 0) is 31.7 Å². The molecule has 2 aromatic rings. The first-order chi connectivity index (χ1) is 16.9. The Morgan fingerprint density at radius 2 is 1.61 bits per heavy atom. The maximum atomic E-state index is 13.5. The van der Waals surface area contributed by atoms with E-state index in [2.05, 4.69) is 0 Å². The van der Waals surface area contributed by atoms with E-state index in [1.54, 1.807) is 37.8 Å². The van der Waals surface area contributed by atoms with Crippen LogP contribution in [0.1, 0.15) is 44.7 Å². The first-order valence-electron chi connectivity index (χ1n) is 12.0. The lowest BCUT2D eigenvalue weighted by atomic mass is 9.74. The first-order valence-corrected chi connectivity index (χ1v) is 13.4. The van der Waals surface area contributed by atoms with E-state index in [-0.39, 0.29) is 19.2 Å². The molecule has 2 heterocycles. The van der Waals surface area contributed by atoms with E-state index in [0.717, 1.165) is 11.1 Å². The Kier molecular flexibility index (Phi) is 6.92. The summed E-state index contributed by atoms with van der Waals surface area (Å²) < 4.78 is 39.7. The molecule has 2 aliphatic heterocycles. The van der Waals surface area contributed by atoms with Crippen molar-refractivity contribution in [2.75, 3.05) is 31.0 Å². The zero-order chi connectivity index (χ0) is 26.1. The number of amides is 2. The fraction of sp³-hybridized carbons (Fsp3) is 0.462. The molecule has 0 saturated carbocycles. The molecule has 0 N–H and O–H groups in total. The monoisotopic (exact) mass is 515 g/mol. The van der Waals surface area contributed by atoms with E-state index in [9.17, 15) is 18.0 Å². The number of ether oxygens (including phenoxy) is 2. The average molecular weight is 516 g/mol. The van der Waals surface area contributed by atoms with Crippen LogP contribution >= 0.6 is 0 Å². The number of likely N-dealkylation sites (tertiary alicyclic amines) is 1. The first kappa shape index (κ1) is 25.8. The van der Waals surface area contributed by atoms with Crippen molar-refractivity contribution in [3.8, 4) is 0 Å². The van der Waals surface area contributed by atoms with Crippen LogP contribution in [0.5, 0.6) is 0 Å². The quantitative estimate of drug-likeness (QED) is 0.603. The van der Waals surface area contributed by atoms with Crippen molar-refractivity contribution in [3.05, 3.63) is 65.7 Å². The minimum absolute atomic E-state index is 0.189. The zero-order valence-electron chi connectivity index (χ0n) is 21.1. The van der Waals surface area contributed by atoms with E-state index in [1.807, 2.05) is 42.5 Å². The van der Waals surface area contributed by atoms with E-state index < -0.39 is 27.3 Å². The second-order valence-electron chi connectivity index (χ2n) is 10.3. The van der Waals surface area contributed by atoms with E-state index in [4.69, 9.17) is 9.47 Å². The summed E-state index contributed by atoms with van der Waals surface area (Å²) in [6.07, 6.45) is -0.162. The highest BCUT2D eigenvalue weighted by Gasteiger charge is 2.50. The van der Waals surface area contributed by atoms with Gasteiger partial charge in [-0.1, -0.05) is 48.5 Å². The van der Waals surface area contributed by atoms with Crippen LogP contribution in [0.15, 0.2) is 54.6 Å². The second kappa shape index (κ2) is 9.65. The minimum atomic E-state index is -4.18. The van der Waals surface area contributed by atoms with Crippen LogP contribution in [-0.4, -0.2) is 62.1 Å². The molecule has 2 amide bonds. The van der Waals surface area contributed by atoms with Gasteiger partial charge < -0.3 is 14.4 Å². The third kappa shape index (κ3) is 5.13. The number of fused-ring (bicyclic) bond motifs is 2. The molecule has 36 heavy (non-hydrogen) atoms. The molecule has 0 aromatic heterocycles. The van der Waals surface area contributed by atoms with Crippen molar-refractivity contribution in [2.45, 2.75) is 51.2 Å². The van der Waals surface area contributed by atoms with Crippen LogP contribution in [0, 0.1) is 0 Å². The van der Waals surface area contributed by atoms with Gasteiger partial charge in [0.25, 0.3) is 0 Å². The Labute approximate surface area is 212 Å². The van der Waals surface area contributed by atoms with Gasteiger partial charge in [0, 0.05) is 32.1 Å². The van der Waals surface area contributed by atoms with Crippen molar-refractivity contribution >= 4 is 28.1 Å². The Balaban J connectivity index is 1.48. The summed E-state index contributed by atoms with van der Waals surface area (Å²) in [7, 11) is -2.97. The lowest BCUT2D eigenvalue weighted by Crippen LogP contribution is -2.50. The predicted octanol–water partition coefficient (Wildman–Crippen LogP) is 4.29. The standard InChI is InChI=1S/C26H33N3O6S/c1-25(2,3)35-23(30)27(4)36(32,33)29-19-26(21-12-8-9-13-22(21)29)14-16-28(17-15-26)24(31)34-18-20-10-6-5-7-11-20/h5-13H,14-19H2,1-4H3. The molecule has 2 aromatic carbocycles. The molecule has 4 rings (SSSR count). The van der Waals surface area contributed by atoms with Crippen LogP contribution in [0.4, 0.5) is 15.3 Å². The molecule has 0 atom stereocenters. The van der Waals surface area contributed by atoms with E-state index >= 15 is 0 Å². The number of benzene rings is 2. The van der Waals surface area contributed by atoms with Crippen molar-refractivity contribution in [1.29, 1.82) is 0 Å². The van der Waals surface area contributed by atoms with Gasteiger partial charge in [-0.15, -0.1) is 0 Å². The lowest BCUT2D eigenvalue weighted by molar-refractivity contribution is 0.0419. The van der Waals surface area contributed by atoms with Gasteiger partial charge in [0.1, 0.15) is 12.2 Å². The van der Waals surface area contributed by atoms with Gasteiger partial charge in [0.15, 0.2) is 0 Å². The number of hydrogen-bond donors (Lipinski definition) is 0. The summed E-state index contributed by atoms with van der Waals surface area (Å²) in [4.78, 5) is 26.9. The highest BCUT2D eigenvalue weighted by atomic mass is 32.2. The number of hydrogen-bond acceptors (Lipinski definition) is 6. The number of carbonyl (C=O) groups excluding carboxylic acids is 2. The SMILES string of the molecule is CN(C(=O)OC(C)(C)C)S(=O)(=O)N1CC2(CCN(C(=O)OCc3ccccc3)CC2)c2ccccc21. The summed E-state index contributed by atoms with van der Waals surface area (Å²) in [5.74, 6) is 0. The second-order valence-corrected chi connectivity index (χ2v) is 12.2. The Hall–Kier alpha value is -3.27. The molecular weight excluding hydrogens is 482 g/mol. The van der Waals surface area contributed by atoms with E-state index in [1.165, 1.54) is 11.4 Å². The third-order valence-corrected chi connectivity index (χ3v) is 8.37. The average Bonchev–Trinajstić information content (AvgIpc) is 3.17. The summed E-state index contributed by atoms with van der Waals surface area (Å²) in [6.45, 7) is 6.33. The predicted molar refractivity (Wildman–Crippen MR) is 136 cm³/mol. The number of para-hydroxylation sites is 1. The molecule has 0 bridgehead atoms. The van der Waals surface area contributed by atoms with Crippen LogP contribution in [0.2, 0.25) is 0 Å². The molecule has 194 valence electrons. The Bertz CT molecular complexity index is 1220. The summed E-state index contributed by atoms with van der Waals surface area (Å²) in [6, 6.07) is 16.8. The molecule has 1 spiro atoms. The molecule has 1 saturated heterocycles. The molecule has 9 nitrogen and oxygen atoms in total. The van der Waals surface area contributed by atoms with Gasteiger partial charge in [-0.3, -0.25) is 4.31 Å². The largest absolute Gasteiger partial charge is 0.445 e. The highest BCUT2D eigenvalue weighted by Crippen LogP contribution is 2.48. The number of rotatable bonds is 4.